The Kier molecular flexibility index (Phi) is 8.42. The summed E-state index contributed by atoms with van der Waals surface area (Å²) in [5.74, 6) is -0.335. The van der Waals surface area contributed by atoms with Crippen molar-refractivity contribution in [3.05, 3.63) is 117 Å². The van der Waals surface area contributed by atoms with Gasteiger partial charge in [-0.3, -0.25) is 14.3 Å². The van der Waals surface area contributed by atoms with E-state index in [-0.39, 0.29) is 30.4 Å². The molecule has 0 aliphatic carbocycles. The lowest BCUT2D eigenvalue weighted by molar-refractivity contribution is -0.0498. The number of carbonyl (C=O) groups is 1. The lowest BCUT2D eigenvalue weighted by atomic mass is 10.1. The molecule has 1 N–H and O–H groups in total. The molecule has 0 aliphatic heterocycles. The maximum atomic E-state index is 12.9. The monoisotopic (exact) mass is 508 g/mol. The second-order valence-electron chi connectivity index (χ2n) is 8.31. The van der Waals surface area contributed by atoms with E-state index >= 15 is 0 Å². The van der Waals surface area contributed by atoms with Crippen molar-refractivity contribution < 1.29 is 23.0 Å². The SMILES string of the molecule is COCc1nn(Cc2ccc(Cn3ccccc3=O)cc2)cc1C(=O)NCc1cccc(OC(F)F)c1. The smallest absolute Gasteiger partial charge is 0.387 e. The van der Waals surface area contributed by atoms with E-state index < -0.39 is 6.61 Å². The Hall–Kier alpha value is -4.31. The van der Waals surface area contributed by atoms with Crippen molar-refractivity contribution in [2.24, 2.45) is 0 Å². The molecule has 0 fully saturated rings. The number of nitrogens with zero attached hydrogens (tertiary/aromatic N) is 3. The first-order valence-corrected chi connectivity index (χ1v) is 11.5. The highest BCUT2D eigenvalue weighted by Crippen LogP contribution is 2.17. The Bertz CT molecular complexity index is 1400. The molecule has 4 aromatic rings. The summed E-state index contributed by atoms with van der Waals surface area (Å²) < 4.78 is 37.8. The summed E-state index contributed by atoms with van der Waals surface area (Å²) in [7, 11) is 1.52. The fraction of sp³-hybridized carbons (Fsp3) is 0.222. The number of amides is 1. The number of methoxy groups -OCH3 is 1. The molecule has 0 saturated heterocycles. The molecule has 0 bridgehead atoms. The van der Waals surface area contributed by atoms with Crippen LogP contribution in [0, 0.1) is 0 Å². The highest BCUT2D eigenvalue weighted by Gasteiger charge is 2.17. The molecule has 2 aromatic carbocycles. The standard InChI is InChI=1S/C27H26F2N4O4/c1-36-18-24-23(26(35)30-14-21-5-4-6-22(13-21)37-27(28)29)17-33(31-24)16-20-10-8-19(9-11-20)15-32-12-3-2-7-25(32)34/h2-13,17,27H,14-16,18H2,1H3,(H,30,35). The van der Waals surface area contributed by atoms with Gasteiger partial charge in [0.1, 0.15) is 11.4 Å². The van der Waals surface area contributed by atoms with Crippen LogP contribution in [0.25, 0.3) is 0 Å². The molecule has 0 aliphatic rings. The second-order valence-corrected chi connectivity index (χ2v) is 8.31. The van der Waals surface area contributed by atoms with Crippen LogP contribution >= 0.6 is 0 Å². The molecule has 0 atom stereocenters. The van der Waals surface area contributed by atoms with Crippen LogP contribution in [0.5, 0.6) is 5.75 Å². The first-order valence-electron chi connectivity index (χ1n) is 11.5. The maximum absolute atomic E-state index is 12.9. The van der Waals surface area contributed by atoms with Crippen molar-refractivity contribution >= 4 is 5.91 Å². The summed E-state index contributed by atoms with van der Waals surface area (Å²) in [6.45, 7) is -1.73. The van der Waals surface area contributed by atoms with Gasteiger partial charge in [-0.1, -0.05) is 42.5 Å². The Morgan fingerprint density at radius 1 is 1.00 bits per heavy atom. The number of alkyl halides is 2. The van der Waals surface area contributed by atoms with E-state index in [9.17, 15) is 18.4 Å². The quantitative estimate of drug-likeness (QED) is 0.333. The Morgan fingerprint density at radius 3 is 2.46 bits per heavy atom. The zero-order valence-electron chi connectivity index (χ0n) is 20.1. The van der Waals surface area contributed by atoms with Crippen LogP contribution < -0.4 is 15.6 Å². The maximum Gasteiger partial charge on any atom is 0.387 e. The minimum absolute atomic E-state index is 0.0245. The Labute approximate surface area is 212 Å². The molecule has 1 amide bonds. The molecule has 0 spiro atoms. The number of halogens is 2. The molecule has 2 aromatic heterocycles. The summed E-state index contributed by atoms with van der Waals surface area (Å²) in [5.41, 5.74) is 3.36. The minimum Gasteiger partial charge on any atom is -0.435 e. The van der Waals surface area contributed by atoms with Crippen LogP contribution in [0.15, 0.2) is 83.9 Å². The molecule has 4 rings (SSSR count). The molecular weight excluding hydrogens is 482 g/mol. The van der Waals surface area contributed by atoms with Crippen molar-refractivity contribution in [1.29, 1.82) is 0 Å². The summed E-state index contributed by atoms with van der Waals surface area (Å²) in [6, 6.07) is 19.0. The zero-order valence-corrected chi connectivity index (χ0v) is 20.1. The summed E-state index contributed by atoms with van der Waals surface area (Å²) >= 11 is 0. The number of pyridine rings is 1. The van der Waals surface area contributed by atoms with Crippen molar-refractivity contribution in [1.82, 2.24) is 19.7 Å². The van der Waals surface area contributed by atoms with Gasteiger partial charge in [0.05, 0.1) is 25.3 Å². The van der Waals surface area contributed by atoms with Crippen LogP contribution in [0.4, 0.5) is 8.78 Å². The topological polar surface area (TPSA) is 87.4 Å². The normalized spacial score (nSPS) is 11.0. The van der Waals surface area contributed by atoms with E-state index in [1.807, 2.05) is 30.3 Å². The minimum atomic E-state index is -2.92. The van der Waals surface area contributed by atoms with E-state index in [2.05, 4.69) is 15.2 Å². The summed E-state index contributed by atoms with van der Waals surface area (Å²) in [5, 5.41) is 7.29. The second kappa shape index (κ2) is 12.1. The summed E-state index contributed by atoms with van der Waals surface area (Å²) in [6.07, 6.45) is 3.40. The van der Waals surface area contributed by atoms with Gasteiger partial charge in [-0.15, -0.1) is 0 Å². The number of rotatable bonds is 11. The van der Waals surface area contributed by atoms with E-state index in [1.165, 1.54) is 25.3 Å². The van der Waals surface area contributed by atoms with Gasteiger partial charge >= 0.3 is 6.61 Å². The van der Waals surface area contributed by atoms with Crippen LogP contribution in [-0.2, 0) is 31.0 Å². The van der Waals surface area contributed by atoms with E-state index in [0.29, 0.717) is 29.9 Å². The van der Waals surface area contributed by atoms with Crippen LogP contribution in [0.3, 0.4) is 0 Å². The van der Waals surface area contributed by atoms with Gasteiger partial charge in [-0.2, -0.15) is 13.9 Å². The molecule has 37 heavy (non-hydrogen) atoms. The Balaban J connectivity index is 1.41. The first kappa shape index (κ1) is 25.8. The van der Waals surface area contributed by atoms with Gasteiger partial charge < -0.3 is 19.4 Å². The van der Waals surface area contributed by atoms with Gasteiger partial charge in [0.15, 0.2) is 0 Å². The largest absolute Gasteiger partial charge is 0.435 e. The molecular formula is C27H26F2N4O4. The molecule has 2 heterocycles. The molecule has 0 unspecified atom stereocenters. The summed E-state index contributed by atoms with van der Waals surface area (Å²) in [4.78, 5) is 24.8. The Morgan fingerprint density at radius 2 is 1.76 bits per heavy atom. The highest BCUT2D eigenvalue weighted by molar-refractivity contribution is 5.95. The van der Waals surface area contributed by atoms with E-state index in [1.54, 1.807) is 39.8 Å². The van der Waals surface area contributed by atoms with E-state index in [4.69, 9.17) is 4.74 Å². The number of hydrogen-bond donors (Lipinski definition) is 1. The van der Waals surface area contributed by atoms with Crippen molar-refractivity contribution in [3.63, 3.8) is 0 Å². The predicted molar refractivity (Wildman–Crippen MR) is 133 cm³/mol. The molecule has 0 saturated carbocycles. The fourth-order valence-corrected chi connectivity index (χ4v) is 3.81. The third-order valence-electron chi connectivity index (χ3n) is 5.56. The van der Waals surface area contributed by atoms with Crippen molar-refractivity contribution in [3.8, 4) is 5.75 Å². The lowest BCUT2D eigenvalue weighted by Gasteiger charge is -2.08. The highest BCUT2D eigenvalue weighted by atomic mass is 19.3. The number of aromatic nitrogens is 3. The average Bonchev–Trinajstić information content (AvgIpc) is 3.27. The van der Waals surface area contributed by atoms with Crippen LogP contribution in [0.1, 0.15) is 32.7 Å². The number of carbonyl (C=O) groups excluding carboxylic acids is 1. The van der Waals surface area contributed by atoms with Gasteiger partial charge in [-0.05, 0) is 34.9 Å². The average molecular weight is 509 g/mol. The van der Waals surface area contributed by atoms with E-state index in [0.717, 1.165) is 11.1 Å². The third kappa shape index (κ3) is 7.11. The van der Waals surface area contributed by atoms with Crippen molar-refractivity contribution in [2.75, 3.05) is 7.11 Å². The first-order chi connectivity index (χ1) is 17.9. The number of hydrogen-bond acceptors (Lipinski definition) is 5. The van der Waals surface area contributed by atoms with Crippen LogP contribution in [-0.4, -0.2) is 34.0 Å². The third-order valence-corrected chi connectivity index (χ3v) is 5.56. The number of nitrogens with one attached hydrogen (secondary N) is 1. The van der Waals surface area contributed by atoms with Gasteiger partial charge in [0.2, 0.25) is 0 Å². The molecule has 10 heteroatoms. The van der Waals surface area contributed by atoms with Crippen LogP contribution in [0.2, 0.25) is 0 Å². The van der Waals surface area contributed by atoms with Crippen molar-refractivity contribution in [2.45, 2.75) is 32.9 Å². The number of benzene rings is 2. The van der Waals surface area contributed by atoms with Gasteiger partial charge in [-0.25, -0.2) is 0 Å². The number of ether oxygens (including phenoxy) is 2. The fourth-order valence-electron chi connectivity index (χ4n) is 3.81. The molecule has 8 nitrogen and oxygen atoms in total. The molecule has 0 radical (unpaired) electrons. The lowest BCUT2D eigenvalue weighted by Crippen LogP contribution is -2.23. The predicted octanol–water partition coefficient (Wildman–Crippen LogP) is 3.82. The molecule has 192 valence electrons. The van der Waals surface area contributed by atoms with Gasteiger partial charge in [0, 0.05) is 32.1 Å². The van der Waals surface area contributed by atoms with Gasteiger partial charge in [0.25, 0.3) is 11.5 Å². The zero-order chi connectivity index (χ0) is 26.2.